The van der Waals surface area contributed by atoms with Gasteiger partial charge in [0.1, 0.15) is 0 Å². The van der Waals surface area contributed by atoms with E-state index < -0.39 is 5.95 Å². The summed E-state index contributed by atoms with van der Waals surface area (Å²) in [5.74, 6) is 0.0770. The van der Waals surface area contributed by atoms with Crippen LogP contribution in [-0.2, 0) is 6.54 Å². The van der Waals surface area contributed by atoms with Crippen LogP contribution >= 0.6 is 0 Å². The fourth-order valence-electron chi connectivity index (χ4n) is 2.67. The minimum Gasteiger partial charge on any atom is -0.398 e. The number of rotatable bonds is 3. The van der Waals surface area contributed by atoms with Crippen molar-refractivity contribution in [3.63, 3.8) is 0 Å². The average Bonchev–Trinajstić information content (AvgIpc) is 3.27. The first-order valence-electron chi connectivity index (χ1n) is 7.09. The van der Waals surface area contributed by atoms with Crippen molar-refractivity contribution in [2.24, 2.45) is 0 Å². The van der Waals surface area contributed by atoms with Gasteiger partial charge in [0.25, 0.3) is 0 Å². The maximum Gasteiger partial charge on any atom is 0.242 e. The van der Waals surface area contributed by atoms with E-state index in [1.165, 1.54) is 12.8 Å². The summed E-state index contributed by atoms with van der Waals surface area (Å²) in [5, 5.41) is 4.35. The summed E-state index contributed by atoms with van der Waals surface area (Å²) in [5.41, 5.74) is 8.96. The van der Waals surface area contributed by atoms with Crippen LogP contribution in [0.1, 0.15) is 30.1 Å². The molecule has 0 unspecified atom stereocenters. The SMILES string of the molecule is Nc1cccc2c1c(F)nn2Cc1cccc(C2CC2)n1. The molecule has 5 heteroatoms. The van der Waals surface area contributed by atoms with Crippen molar-refractivity contribution in [2.45, 2.75) is 25.3 Å². The molecule has 2 heterocycles. The number of halogens is 1. The highest BCUT2D eigenvalue weighted by Crippen LogP contribution is 2.38. The summed E-state index contributed by atoms with van der Waals surface area (Å²) in [6.07, 6.45) is 2.43. The molecule has 0 saturated heterocycles. The van der Waals surface area contributed by atoms with Crippen LogP contribution in [0, 0.1) is 5.95 Å². The highest BCUT2D eigenvalue weighted by molar-refractivity contribution is 5.90. The Balaban J connectivity index is 1.74. The third-order valence-electron chi connectivity index (χ3n) is 3.90. The number of aromatic nitrogens is 3. The van der Waals surface area contributed by atoms with Crippen LogP contribution in [-0.4, -0.2) is 14.8 Å². The van der Waals surface area contributed by atoms with Crippen LogP contribution in [0.3, 0.4) is 0 Å². The van der Waals surface area contributed by atoms with E-state index in [4.69, 9.17) is 5.73 Å². The molecule has 1 aliphatic carbocycles. The first-order valence-corrected chi connectivity index (χ1v) is 7.09. The molecule has 0 aliphatic heterocycles. The number of nitrogens with zero attached hydrogens (tertiary/aromatic N) is 3. The lowest BCUT2D eigenvalue weighted by molar-refractivity contribution is 0.546. The second-order valence-electron chi connectivity index (χ2n) is 5.52. The van der Waals surface area contributed by atoms with Crippen molar-refractivity contribution in [1.82, 2.24) is 14.8 Å². The second-order valence-corrected chi connectivity index (χ2v) is 5.52. The molecule has 0 spiro atoms. The van der Waals surface area contributed by atoms with Crippen molar-refractivity contribution >= 4 is 16.6 Å². The number of pyridine rings is 1. The van der Waals surface area contributed by atoms with Crippen LogP contribution in [0.15, 0.2) is 36.4 Å². The first kappa shape index (κ1) is 12.3. The summed E-state index contributed by atoms with van der Waals surface area (Å²) in [7, 11) is 0. The summed E-state index contributed by atoms with van der Waals surface area (Å²) >= 11 is 0. The minimum atomic E-state index is -0.526. The Labute approximate surface area is 121 Å². The standard InChI is InChI=1S/C16H15FN4/c17-16-15-12(18)4-2-6-14(15)21(20-16)9-11-3-1-5-13(19-11)10-7-8-10/h1-6,10H,7-9,18H2. The van der Waals surface area contributed by atoms with Crippen LogP contribution < -0.4 is 5.73 Å². The van der Waals surface area contributed by atoms with Crippen LogP contribution in [0.25, 0.3) is 10.9 Å². The number of anilines is 1. The van der Waals surface area contributed by atoms with Gasteiger partial charge in [0, 0.05) is 17.3 Å². The minimum absolute atomic E-state index is 0.385. The Morgan fingerprint density at radius 3 is 2.81 bits per heavy atom. The van der Waals surface area contributed by atoms with E-state index in [1.807, 2.05) is 24.3 Å². The van der Waals surface area contributed by atoms with E-state index in [-0.39, 0.29) is 0 Å². The Bertz CT molecular complexity index is 820. The number of fused-ring (bicyclic) bond motifs is 1. The zero-order valence-electron chi connectivity index (χ0n) is 11.5. The molecule has 1 fully saturated rings. The molecule has 2 aromatic heterocycles. The van der Waals surface area contributed by atoms with Gasteiger partial charge in [-0.1, -0.05) is 12.1 Å². The number of nitrogen functional groups attached to an aromatic ring is 1. The highest BCUT2D eigenvalue weighted by atomic mass is 19.1. The summed E-state index contributed by atoms with van der Waals surface area (Å²) in [4.78, 5) is 4.65. The van der Waals surface area contributed by atoms with E-state index in [0.29, 0.717) is 29.1 Å². The predicted octanol–water partition coefficient (Wildman–Crippen LogP) is 3.08. The van der Waals surface area contributed by atoms with Crippen molar-refractivity contribution in [3.8, 4) is 0 Å². The molecule has 1 saturated carbocycles. The van der Waals surface area contributed by atoms with Gasteiger partial charge in [-0.2, -0.15) is 4.39 Å². The lowest BCUT2D eigenvalue weighted by atomic mass is 10.2. The number of hydrogen-bond acceptors (Lipinski definition) is 3. The molecular weight excluding hydrogens is 267 g/mol. The van der Waals surface area contributed by atoms with Gasteiger partial charge >= 0.3 is 0 Å². The fraction of sp³-hybridized carbons (Fsp3) is 0.250. The molecule has 21 heavy (non-hydrogen) atoms. The van der Waals surface area contributed by atoms with Crippen LogP contribution in [0.5, 0.6) is 0 Å². The maximum atomic E-state index is 14.0. The Hall–Kier alpha value is -2.43. The second kappa shape index (κ2) is 4.55. The Morgan fingerprint density at radius 1 is 1.19 bits per heavy atom. The van der Waals surface area contributed by atoms with Gasteiger partial charge in [-0.05, 0) is 37.1 Å². The zero-order valence-corrected chi connectivity index (χ0v) is 11.5. The van der Waals surface area contributed by atoms with Crippen molar-refractivity contribution < 1.29 is 4.39 Å². The quantitative estimate of drug-likeness (QED) is 0.751. The largest absolute Gasteiger partial charge is 0.398 e. The maximum absolute atomic E-state index is 14.0. The predicted molar refractivity (Wildman–Crippen MR) is 79.4 cm³/mol. The average molecular weight is 282 g/mol. The molecule has 0 atom stereocenters. The highest BCUT2D eigenvalue weighted by Gasteiger charge is 2.25. The topological polar surface area (TPSA) is 56.7 Å². The molecule has 106 valence electrons. The lowest BCUT2D eigenvalue weighted by Gasteiger charge is -2.05. The third kappa shape index (κ3) is 2.14. The number of nitrogens with two attached hydrogens (primary N) is 1. The zero-order chi connectivity index (χ0) is 14.4. The molecular formula is C16H15FN4. The Morgan fingerprint density at radius 2 is 2.00 bits per heavy atom. The molecule has 4 nitrogen and oxygen atoms in total. The molecule has 0 amide bonds. The van der Waals surface area contributed by atoms with Gasteiger partial charge in [0.2, 0.25) is 5.95 Å². The molecule has 1 aromatic carbocycles. The van der Waals surface area contributed by atoms with Crippen molar-refractivity contribution in [3.05, 3.63) is 53.7 Å². The van der Waals surface area contributed by atoms with E-state index in [2.05, 4.69) is 16.1 Å². The fourth-order valence-corrected chi connectivity index (χ4v) is 2.67. The summed E-state index contributed by atoms with van der Waals surface area (Å²) < 4.78 is 15.6. The van der Waals surface area contributed by atoms with Gasteiger partial charge in [-0.15, -0.1) is 5.10 Å². The molecule has 2 N–H and O–H groups in total. The molecule has 4 rings (SSSR count). The monoisotopic (exact) mass is 282 g/mol. The summed E-state index contributed by atoms with van der Waals surface area (Å²) in [6.45, 7) is 0.449. The van der Waals surface area contributed by atoms with Gasteiger partial charge in [-0.3, -0.25) is 9.67 Å². The first-order chi connectivity index (χ1) is 10.2. The van der Waals surface area contributed by atoms with Gasteiger partial charge < -0.3 is 5.73 Å². The molecule has 1 aliphatic rings. The summed E-state index contributed by atoms with van der Waals surface area (Å²) in [6, 6.07) is 11.3. The molecule has 0 bridgehead atoms. The van der Waals surface area contributed by atoms with Crippen LogP contribution in [0.2, 0.25) is 0 Å². The van der Waals surface area contributed by atoms with Gasteiger partial charge in [0.05, 0.1) is 23.1 Å². The van der Waals surface area contributed by atoms with Gasteiger partial charge in [-0.25, -0.2) is 0 Å². The third-order valence-corrected chi connectivity index (χ3v) is 3.90. The molecule has 3 aromatic rings. The van der Waals surface area contributed by atoms with E-state index in [0.717, 1.165) is 11.4 Å². The van der Waals surface area contributed by atoms with Crippen molar-refractivity contribution in [2.75, 3.05) is 5.73 Å². The van der Waals surface area contributed by atoms with Crippen molar-refractivity contribution in [1.29, 1.82) is 0 Å². The number of hydrogen-bond donors (Lipinski definition) is 1. The number of benzene rings is 1. The van der Waals surface area contributed by atoms with E-state index in [9.17, 15) is 4.39 Å². The smallest absolute Gasteiger partial charge is 0.242 e. The van der Waals surface area contributed by atoms with E-state index >= 15 is 0 Å². The van der Waals surface area contributed by atoms with Crippen LogP contribution in [0.4, 0.5) is 10.1 Å². The van der Waals surface area contributed by atoms with E-state index in [1.54, 1.807) is 10.7 Å². The lowest BCUT2D eigenvalue weighted by Crippen LogP contribution is -2.05. The Kier molecular flexibility index (Phi) is 2.67. The molecule has 0 radical (unpaired) electrons. The normalized spacial score (nSPS) is 14.7. The van der Waals surface area contributed by atoms with Gasteiger partial charge in [0.15, 0.2) is 0 Å².